The molecule has 0 radical (unpaired) electrons. The van der Waals surface area contributed by atoms with Crippen molar-refractivity contribution < 1.29 is 9.53 Å². The van der Waals surface area contributed by atoms with E-state index in [1.807, 2.05) is 20.8 Å². The number of amides is 1. The van der Waals surface area contributed by atoms with Crippen molar-refractivity contribution >= 4 is 6.09 Å². The zero-order chi connectivity index (χ0) is 12.2. The van der Waals surface area contributed by atoms with Gasteiger partial charge in [0, 0.05) is 6.54 Å². The van der Waals surface area contributed by atoms with Crippen molar-refractivity contribution in [3.05, 3.63) is 0 Å². The third-order valence-corrected chi connectivity index (χ3v) is 2.87. The maximum Gasteiger partial charge on any atom is 0.407 e. The first-order valence-electron chi connectivity index (χ1n) is 6.06. The first-order chi connectivity index (χ1) is 7.38. The Morgan fingerprint density at radius 2 is 2.25 bits per heavy atom. The molecule has 2 atom stereocenters. The predicted octanol–water partition coefficient (Wildman–Crippen LogP) is 1.76. The predicted molar refractivity (Wildman–Crippen MR) is 64.4 cm³/mol. The number of nitrogens with one attached hydrogen (secondary N) is 2. The molecule has 1 unspecified atom stereocenters. The third-order valence-electron chi connectivity index (χ3n) is 2.87. The van der Waals surface area contributed by atoms with Crippen molar-refractivity contribution in [3.63, 3.8) is 0 Å². The van der Waals surface area contributed by atoms with Gasteiger partial charge in [-0.2, -0.15) is 0 Å². The Labute approximate surface area is 98.1 Å². The van der Waals surface area contributed by atoms with Crippen LogP contribution in [0.2, 0.25) is 0 Å². The van der Waals surface area contributed by atoms with Gasteiger partial charge in [-0.1, -0.05) is 6.92 Å². The van der Waals surface area contributed by atoms with Crippen molar-refractivity contribution in [2.24, 2.45) is 11.8 Å². The van der Waals surface area contributed by atoms with Crippen LogP contribution in [-0.2, 0) is 4.74 Å². The number of hydrogen-bond donors (Lipinski definition) is 2. The van der Waals surface area contributed by atoms with Crippen molar-refractivity contribution in [2.75, 3.05) is 19.6 Å². The highest BCUT2D eigenvalue weighted by Gasteiger charge is 2.22. The molecule has 0 aliphatic carbocycles. The average Bonchev–Trinajstić information content (AvgIpc) is 2.64. The van der Waals surface area contributed by atoms with Crippen LogP contribution in [0.4, 0.5) is 4.79 Å². The first-order valence-corrected chi connectivity index (χ1v) is 6.06. The minimum Gasteiger partial charge on any atom is -0.444 e. The molecule has 16 heavy (non-hydrogen) atoms. The topological polar surface area (TPSA) is 50.4 Å². The number of hydrogen-bond acceptors (Lipinski definition) is 3. The summed E-state index contributed by atoms with van der Waals surface area (Å²) in [6.45, 7) is 10.7. The van der Waals surface area contributed by atoms with E-state index in [-0.39, 0.29) is 6.09 Å². The Kier molecular flexibility index (Phi) is 4.59. The monoisotopic (exact) mass is 228 g/mol. The molecule has 1 heterocycles. The van der Waals surface area contributed by atoms with Gasteiger partial charge in [-0.25, -0.2) is 4.79 Å². The van der Waals surface area contributed by atoms with Crippen molar-refractivity contribution in [1.29, 1.82) is 0 Å². The summed E-state index contributed by atoms with van der Waals surface area (Å²) in [5, 5.41) is 6.16. The lowest BCUT2D eigenvalue weighted by molar-refractivity contribution is 0.0516. The van der Waals surface area contributed by atoms with Crippen molar-refractivity contribution in [3.8, 4) is 0 Å². The van der Waals surface area contributed by atoms with E-state index in [1.54, 1.807) is 0 Å². The lowest BCUT2D eigenvalue weighted by Gasteiger charge is -2.22. The molecule has 4 heteroatoms. The maximum absolute atomic E-state index is 11.4. The summed E-state index contributed by atoms with van der Waals surface area (Å²) < 4.78 is 5.19. The summed E-state index contributed by atoms with van der Waals surface area (Å²) in [4.78, 5) is 11.4. The zero-order valence-corrected chi connectivity index (χ0v) is 10.8. The van der Waals surface area contributed by atoms with Gasteiger partial charge in [-0.05, 0) is 52.1 Å². The molecule has 1 saturated heterocycles. The number of ether oxygens (including phenoxy) is 1. The molecule has 1 amide bonds. The Balaban J connectivity index is 2.20. The van der Waals surface area contributed by atoms with Gasteiger partial charge in [0.15, 0.2) is 0 Å². The molecule has 2 N–H and O–H groups in total. The molecule has 0 saturated carbocycles. The molecule has 0 spiro atoms. The molecule has 1 rings (SSSR count). The maximum atomic E-state index is 11.4. The Hall–Kier alpha value is -0.770. The summed E-state index contributed by atoms with van der Waals surface area (Å²) in [6, 6.07) is 0. The lowest BCUT2D eigenvalue weighted by Crippen LogP contribution is -2.36. The fourth-order valence-electron chi connectivity index (χ4n) is 1.89. The molecular formula is C12H24N2O2. The Morgan fingerprint density at radius 3 is 2.75 bits per heavy atom. The highest BCUT2D eigenvalue weighted by molar-refractivity contribution is 5.67. The van der Waals surface area contributed by atoms with Crippen LogP contribution < -0.4 is 10.6 Å². The zero-order valence-electron chi connectivity index (χ0n) is 10.8. The molecule has 1 aliphatic heterocycles. The summed E-state index contributed by atoms with van der Waals surface area (Å²) in [7, 11) is 0. The fraction of sp³-hybridized carbons (Fsp3) is 0.917. The molecule has 0 aromatic rings. The van der Waals surface area contributed by atoms with E-state index < -0.39 is 5.60 Å². The standard InChI is InChI=1S/C12H24N2O2/c1-9(10-5-6-13-8-10)7-14-11(15)16-12(2,3)4/h9-10,13H,5-8H2,1-4H3,(H,14,15)/t9?,10-/m0/s1. The smallest absolute Gasteiger partial charge is 0.407 e. The van der Waals surface area contributed by atoms with Crippen LogP contribution in [0, 0.1) is 11.8 Å². The largest absolute Gasteiger partial charge is 0.444 e. The van der Waals surface area contributed by atoms with E-state index in [0.717, 1.165) is 13.1 Å². The lowest BCUT2D eigenvalue weighted by atomic mass is 9.93. The van der Waals surface area contributed by atoms with E-state index in [1.165, 1.54) is 6.42 Å². The van der Waals surface area contributed by atoms with Crippen LogP contribution in [-0.4, -0.2) is 31.3 Å². The fourth-order valence-corrected chi connectivity index (χ4v) is 1.89. The van der Waals surface area contributed by atoms with Gasteiger partial charge in [0.1, 0.15) is 5.60 Å². The van der Waals surface area contributed by atoms with Gasteiger partial charge in [-0.15, -0.1) is 0 Å². The normalized spacial score (nSPS) is 22.9. The average molecular weight is 228 g/mol. The van der Waals surface area contributed by atoms with Crippen LogP contribution in [0.3, 0.4) is 0 Å². The summed E-state index contributed by atoms with van der Waals surface area (Å²) in [5.41, 5.74) is -0.414. The quantitative estimate of drug-likeness (QED) is 0.774. The molecular weight excluding hydrogens is 204 g/mol. The van der Waals surface area contributed by atoms with E-state index in [9.17, 15) is 4.79 Å². The van der Waals surface area contributed by atoms with Crippen LogP contribution in [0.15, 0.2) is 0 Å². The van der Waals surface area contributed by atoms with Gasteiger partial charge in [0.25, 0.3) is 0 Å². The highest BCUT2D eigenvalue weighted by Crippen LogP contribution is 2.17. The Morgan fingerprint density at radius 1 is 1.56 bits per heavy atom. The summed E-state index contributed by atoms with van der Waals surface area (Å²) in [6.07, 6.45) is 0.891. The molecule has 1 fully saturated rings. The van der Waals surface area contributed by atoms with E-state index >= 15 is 0 Å². The van der Waals surface area contributed by atoms with Crippen LogP contribution >= 0.6 is 0 Å². The van der Waals surface area contributed by atoms with Crippen LogP contribution in [0.1, 0.15) is 34.1 Å². The second-order valence-electron chi connectivity index (χ2n) is 5.61. The van der Waals surface area contributed by atoms with Crippen molar-refractivity contribution in [1.82, 2.24) is 10.6 Å². The third kappa shape index (κ3) is 4.84. The highest BCUT2D eigenvalue weighted by atomic mass is 16.6. The molecule has 1 aliphatic rings. The second-order valence-corrected chi connectivity index (χ2v) is 5.61. The van der Waals surface area contributed by atoms with Crippen molar-refractivity contribution in [2.45, 2.75) is 39.7 Å². The first kappa shape index (κ1) is 13.3. The number of alkyl carbamates (subject to hydrolysis) is 1. The van der Waals surface area contributed by atoms with Crippen LogP contribution in [0.25, 0.3) is 0 Å². The second kappa shape index (κ2) is 5.53. The van der Waals surface area contributed by atoms with Gasteiger partial charge >= 0.3 is 6.09 Å². The van der Waals surface area contributed by atoms with E-state index in [2.05, 4.69) is 17.6 Å². The van der Waals surface area contributed by atoms with Gasteiger partial charge < -0.3 is 15.4 Å². The van der Waals surface area contributed by atoms with Gasteiger partial charge in [0.2, 0.25) is 0 Å². The van der Waals surface area contributed by atoms with Gasteiger partial charge in [0.05, 0.1) is 0 Å². The van der Waals surface area contributed by atoms with E-state index in [4.69, 9.17) is 4.74 Å². The minimum atomic E-state index is -0.414. The number of carbonyl (C=O) groups excluding carboxylic acids is 1. The minimum absolute atomic E-state index is 0.315. The summed E-state index contributed by atoms with van der Waals surface area (Å²) >= 11 is 0. The van der Waals surface area contributed by atoms with Gasteiger partial charge in [-0.3, -0.25) is 0 Å². The SMILES string of the molecule is CC(CNC(=O)OC(C)(C)C)[C@H]1CCNC1. The Bertz CT molecular complexity index is 230. The molecule has 94 valence electrons. The number of rotatable bonds is 3. The molecule has 0 bridgehead atoms. The van der Waals surface area contributed by atoms with Crippen LogP contribution in [0.5, 0.6) is 0 Å². The van der Waals surface area contributed by atoms with E-state index in [0.29, 0.717) is 18.4 Å². The molecule has 0 aromatic heterocycles. The summed E-state index contributed by atoms with van der Waals surface area (Å²) in [5.74, 6) is 1.18. The molecule has 4 nitrogen and oxygen atoms in total. The number of carbonyl (C=O) groups is 1. The molecule has 0 aromatic carbocycles.